The Balaban J connectivity index is 1.86. The zero-order chi connectivity index (χ0) is 11.6. The van der Waals surface area contributed by atoms with E-state index >= 15 is 0 Å². The van der Waals surface area contributed by atoms with Crippen molar-refractivity contribution in [1.29, 1.82) is 0 Å². The number of allylic oxidation sites excluding steroid dienone is 8. The van der Waals surface area contributed by atoms with Gasteiger partial charge in [0.1, 0.15) is 0 Å². The molecule has 4 rings (SSSR count). The van der Waals surface area contributed by atoms with Gasteiger partial charge in [-0.3, -0.25) is 0 Å². The Morgan fingerprint density at radius 1 is 0.588 bits per heavy atom. The predicted octanol–water partition coefficient (Wildman–Crippen LogP) is 4.18. The van der Waals surface area contributed by atoms with E-state index in [1.165, 1.54) is 0 Å². The second kappa shape index (κ2) is 3.14. The summed E-state index contributed by atoms with van der Waals surface area (Å²) in [6, 6.07) is 0. The molecule has 2 fully saturated rings. The molecule has 0 spiro atoms. The monoisotopic (exact) mass is 240 g/mol. The lowest BCUT2D eigenvalue weighted by Gasteiger charge is -2.38. The summed E-state index contributed by atoms with van der Waals surface area (Å²) in [6.45, 7) is 5.28. The van der Waals surface area contributed by atoms with Crippen molar-refractivity contribution < 1.29 is 0 Å². The van der Waals surface area contributed by atoms with Crippen LogP contribution in [-0.4, -0.2) is 8.07 Å². The Kier molecular flexibility index (Phi) is 1.87. The van der Waals surface area contributed by atoms with E-state index in [0.29, 0.717) is 0 Å². The Bertz CT molecular complexity index is 388. The molecule has 0 N–H and O–H groups in total. The van der Waals surface area contributed by atoms with Gasteiger partial charge >= 0.3 is 0 Å². The molecule has 4 atom stereocenters. The van der Waals surface area contributed by atoms with Crippen LogP contribution in [0.1, 0.15) is 0 Å². The highest BCUT2D eigenvalue weighted by Crippen LogP contribution is 2.71. The molecule has 2 aliphatic carbocycles. The first-order valence-corrected chi connectivity index (χ1v) is 10.1. The van der Waals surface area contributed by atoms with Gasteiger partial charge in [-0.25, -0.2) is 0 Å². The normalized spacial score (nSPS) is 51.6. The topological polar surface area (TPSA) is 0 Å². The minimum Gasteiger partial charge on any atom is -0.0808 e. The molecule has 88 valence electrons. The Morgan fingerprint density at radius 3 is 1.18 bits per heavy atom. The molecule has 0 aromatic rings. The maximum Gasteiger partial charge on any atom is 0.0560 e. The van der Waals surface area contributed by atoms with Crippen LogP contribution >= 0.6 is 0 Å². The Hall–Kier alpha value is -0.823. The minimum atomic E-state index is -1.10. The van der Waals surface area contributed by atoms with Gasteiger partial charge in [0.05, 0.1) is 8.07 Å². The third-order valence-corrected chi connectivity index (χ3v) is 10.8. The maximum absolute atomic E-state index is 2.64. The van der Waals surface area contributed by atoms with Crippen molar-refractivity contribution in [3.63, 3.8) is 0 Å². The zero-order valence-electron chi connectivity index (χ0n) is 10.6. The van der Waals surface area contributed by atoms with E-state index in [1.807, 2.05) is 0 Å². The van der Waals surface area contributed by atoms with E-state index in [0.717, 1.165) is 34.8 Å². The van der Waals surface area contributed by atoms with E-state index in [9.17, 15) is 0 Å². The lowest BCUT2D eigenvalue weighted by molar-refractivity contribution is 0.276. The van der Waals surface area contributed by atoms with E-state index in [1.54, 1.807) is 0 Å². The van der Waals surface area contributed by atoms with Crippen LogP contribution in [0.4, 0.5) is 0 Å². The Labute approximate surface area is 105 Å². The van der Waals surface area contributed by atoms with Crippen molar-refractivity contribution in [3.05, 3.63) is 48.6 Å². The fraction of sp³-hybridized carbons (Fsp3) is 0.500. The molecule has 0 aromatic carbocycles. The molecule has 2 heterocycles. The first-order valence-electron chi connectivity index (χ1n) is 6.91. The largest absolute Gasteiger partial charge is 0.0808 e. The van der Waals surface area contributed by atoms with Gasteiger partial charge in [0.2, 0.25) is 0 Å². The second-order valence-electron chi connectivity index (χ2n) is 6.72. The summed E-state index contributed by atoms with van der Waals surface area (Å²) >= 11 is 0. The van der Waals surface area contributed by atoms with Crippen LogP contribution in [0.5, 0.6) is 0 Å². The first kappa shape index (κ1) is 10.1. The molecule has 2 saturated heterocycles. The lowest BCUT2D eigenvalue weighted by Crippen LogP contribution is -2.29. The standard InChI is InChI=1S/C16H20Si/c1-17(2)15-11-7-3-4-8-12(11)16(17)14-10-6-5-9-13(14)15/h3-16H,1-2H3. The van der Waals surface area contributed by atoms with Gasteiger partial charge < -0.3 is 0 Å². The molecule has 0 amide bonds. The molecule has 4 aliphatic rings. The average molecular weight is 240 g/mol. The van der Waals surface area contributed by atoms with E-state index in [2.05, 4.69) is 61.7 Å². The highest BCUT2D eigenvalue weighted by molar-refractivity contribution is 6.82. The Morgan fingerprint density at radius 2 is 0.882 bits per heavy atom. The van der Waals surface area contributed by atoms with Crippen LogP contribution in [-0.2, 0) is 0 Å². The van der Waals surface area contributed by atoms with Crippen LogP contribution in [0.15, 0.2) is 48.6 Å². The van der Waals surface area contributed by atoms with Gasteiger partial charge in [0.25, 0.3) is 0 Å². The molecule has 0 nitrogen and oxygen atoms in total. The first-order chi connectivity index (χ1) is 8.21. The van der Waals surface area contributed by atoms with Gasteiger partial charge in [0, 0.05) is 0 Å². The molecule has 1 heteroatoms. The molecule has 4 unspecified atom stereocenters. The maximum atomic E-state index is 2.64. The third-order valence-electron chi connectivity index (χ3n) is 5.82. The van der Waals surface area contributed by atoms with E-state index in [-0.39, 0.29) is 0 Å². The van der Waals surface area contributed by atoms with Crippen molar-refractivity contribution in [1.82, 2.24) is 0 Å². The van der Waals surface area contributed by atoms with Crippen molar-refractivity contribution in [2.45, 2.75) is 24.2 Å². The summed E-state index contributed by atoms with van der Waals surface area (Å²) < 4.78 is 0. The van der Waals surface area contributed by atoms with Gasteiger partial charge in [-0.1, -0.05) is 61.7 Å². The number of fused-ring (bicyclic) bond motifs is 8. The van der Waals surface area contributed by atoms with Gasteiger partial charge in [-0.2, -0.15) is 0 Å². The predicted molar refractivity (Wildman–Crippen MR) is 75.5 cm³/mol. The summed E-state index contributed by atoms with van der Waals surface area (Å²) in [6.07, 6.45) is 19.2. The molecule has 2 aliphatic heterocycles. The minimum absolute atomic E-state index is 0.851. The molecule has 0 radical (unpaired) electrons. The molecule has 2 bridgehead atoms. The van der Waals surface area contributed by atoms with Gasteiger partial charge in [-0.05, 0) is 34.8 Å². The number of rotatable bonds is 0. The van der Waals surface area contributed by atoms with Crippen molar-refractivity contribution in [2.75, 3.05) is 0 Å². The van der Waals surface area contributed by atoms with E-state index in [4.69, 9.17) is 0 Å². The van der Waals surface area contributed by atoms with Crippen LogP contribution in [0.3, 0.4) is 0 Å². The van der Waals surface area contributed by atoms with Crippen molar-refractivity contribution in [3.8, 4) is 0 Å². The molecule has 17 heavy (non-hydrogen) atoms. The van der Waals surface area contributed by atoms with Crippen LogP contribution in [0, 0.1) is 23.7 Å². The summed E-state index contributed by atoms with van der Waals surface area (Å²) in [4.78, 5) is 0. The van der Waals surface area contributed by atoms with Crippen molar-refractivity contribution in [2.24, 2.45) is 23.7 Å². The number of hydrogen-bond donors (Lipinski definition) is 0. The van der Waals surface area contributed by atoms with Gasteiger partial charge in [0.15, 0.2) is 0 Å². The SMILES string of the molecule is C[Si]1(C)C2C3C=CC=CC3C1C1C=CC=CC12. The lowest BCUT2D eigenvalue weighted by atomic mass is 9.66. The summed E-state index contributed by atoms with van der Waals surface area (Å²) in [7, 11) is -1.10. The molecular formula is C16H20Si. The summed E-state index contributed by atoms with van der Waals surface area (Å²) in [5.74, 6) is 3.40. The zero-order valence-corrected chi connectivity index (χ0v) is 11.6. The smallest absolute Gasteiger partial charge is 0.0560 e. The van der Waals surface area contributed by atoms with Crippen LogP contribution in [0.25, 0.3) is 0 Å². The van der Waals surface area contributed by atoms with E-state index < -0.39 is 8.07 Å². The number of hydrogen-bond acceptors (Lipinski definition) is 0. The molecule has 0 aromatic heterocycles. The fourth-order valence-corrected chi connectivity index (χ4v) is 11.2. The molecular weight excluding hydrogens is 220 g/mol. The van der Waals surface area contributed by atoms with Crippen LogP contribution < -0.4 is 0 Å². The van der Waals surface area contributed by atoms with Gasteiger partial charge in [-0.15, -0.1) is 0 Å². The summed E-state index contributed by atoms with van der Waals surface area (Å²) in [5, 5.41) is 0. The summed E-state index contributed by atoms with van der Waals surface area (Å²) in [5.41, 5.74) is 1.95. The average Bonchev–Trinajstić information content (AvgIpc) is 2.71. The highest BCUT2D eigenvalue weighted by atomic mass is 28.3. The fourth-order valence-electron chi connectivity index (χ4n) is 5.44. The second-order valence-corrected chi connectivity index (χ2v) is 11.7. The highest BCUT2D eigenvalue weighted by Gasteiger charge is 2.65. The quantitative estimate of drug-likeness (QED) is 0.557. The molecule has 0 saturated carbocycles. The third kappa shape index (κ3) is 1.09. The van der Waals surface area contributed by atoms with Crippen molar-refractivity contribution >= 4 is 8.07 Å². The van der Waals surface area contributed by atoms with Crippen LogP contribution in [0.2, 0.25) is 24.2 Å².